The Hall–Kier alpha value is -4.46. The lowest BCUT2D eigenvalue weighted by atomic mass is 10.1. The first kappa shape index (κ1) is 27.1. The van der Waals surface area contributed by atoms with E-state index in [2.05, 4.69) is 9.71 Å². The Morgan fingerprint density at radius 2 is 1.50 bits per heavy atom. The van der Waals surface area contributed by atoms with Crippen molar-refractivity contribution in [2.45, 2.75) is 13.5 Å². The summed E-state index contributed by atoms with van der Waals surface area (Å²) in [5.74, 6) is 0.0210. The van der Waals surface area contributed by atoms with Gasteiger partial charge >= 0.3 is 0 Å². The van der Waals surface area contributed by atoms with Gasteiger partial charge in [-0.25, -0.2) is 18.1 Å². The van der Waals surface area contributed by atoms with Crippen molar-refractivity contribution in [3.05, 3.63) is 141 Å². The quantitative estimate of drug-likeness (QED) is 0.206. The molecule has 0 saturated carbocycles. The Kier molecular flexibility index (Phi) is 7.96. The molecule has 5 aromatic rings. The van der Waals surface area contributed by atoms with Gasteiger partial charge < -0.3 is 4.57 Å². The topological polar surface area (TPSA) is 81.1 Å². The third kappa shape index (κ3) is 6.57. The van der Waals surface area contributed by atoms with Gasteiger partial charge in [-0.3, -0.25) is 4.79 Å². The van der Waals surface area contributed by atoms with Crippen LogP contribution in [-0.4, -0.2) is 23.9 Å². The Balaban J connectivity index is 1.35. The number of benzene rings is 4. The van der Waals surface area contributed by atoms with Crippen molar-refractivity contribution in [3.8, 4) is 0 Å². The monoisotopic (exact) mass is 567 g/mol. The van der Waals surface area contributed by atoms with Crippen LogP contribution in [0, 0.1) is 6.92 Å². The number of sulfonamides is 1. The van der Waals surface area contributed by atoms with Gasteiger partial charge in [-0.2, -0.15) is 0 Å². The molecule has 0 unspecified atom stereocenters. The molecule has 0 aliphatic rings. The van der Waals surface area contributed by atoms with Crippen molar-refractivity contribution in [1.82, 2.24) is 14.3 Å². The van der Waals surface area contributed by atoms with Gasteiger partial charge in [0.05, 0.1) is 23.0 Å². The molecule has 1 aromatic heterocycles. The molecule has 200 valence electrons. The van der Waals surface area contributed by atoms with Crippen LogP contribution in [0.15, 0.2) is 102 Å². The summed E-state index contributed by atoms with van der Waals surface area (Å²) in [6, 6.07) is 29.8. The van der Waals surface area contributed by atoms with Crippen molar-refractivity contribution in [1.29, 1.82) is 0 Å². The lowest BCUT2D eigenvalue weighted by Crippen LogP contribution is -2.28. The van der Waals surface area contributed by atoms with E-state index in [1.807, 2.05) is 78.2 Å². The number of amides is 1. The van der Waals surface area contributed by atoms with E-state index in [9.17, 15) is 13.2 Å². The van der Waals surface area contributed by atoms with Gasteiger partial charge in [0, 0.05) is 10.6 Å². The van der Waals surface area contributed by atoms with Crippen molar-refractivity contribution in [2.75, 3.05) is 0 Å². The first-order valence-electron chi connectivity index (χ1n) is 12.6. The molecule has 0 saturated heterocycles. The van der Waals surface area contributed by atoms with E-state index in [1.54, 1.807) is 42.5 Å². The number of carbonyl (C=O) groups is 1. The fourth-order valence-corrected chi connectivity index (χ4v) is 5.29. The number of aryl methyl sites for hydroxylation is 1. The van der Waals surface area contributed by atoms with Crippen molar-refractivity contribution in [2.24, 2.45) is 0 Å². The first-order chi connectivity index (χ1) is 19.3. The van der Waals surface area contributed by atoms with Crippen molar-refractivity contribution >= 4 is 56.8 Å². The van der Waals surface area contributed by atoms with Gasteiger partial charge in [-0.05, 0) is 59.5 Å². The maximum absolute atomic E-state index is 12.9. The van der Waals surface area contributed by atoms with Crippen LogP contribution in [0.4, 0.5) is 0 Å². The third-order valence-electron chi connectivity index (χ3n) is 6.35. The summed E-state index contributed by atoms with van der Waals surface area (Å²) in [4.78, 5) is 17.5. The fourth-order valence-electron chi connectivity index (χ4n) is 4.26. The van der Waals surface area contributed by atoms with Gasteiger partial charge in [0.25, 0.3) is 15.9 Å². The highest BCUT2D eigenvalue weighted by molar-refractivity contribution is 7.93. The number of carbonyl (C=O) groups excluding carboxylic acids is 1. The van der Waals surface area contributed by atoms with E-state index in [0.29, 0.717) is 28.2 Å². The summed E-state index contributed by atoms with van der Waals surface area (Å²) < 4.78 is 29.1. The predicted molar refractivity (Wildman–Crippen MR) is 162 cm³/mol. The summed E-state index contributed by atoms with van der Waals surface area (Å²) >= 11 is 6.66. The number of aromatic nitrogens is 2. The first-order valence-corrected chi connectivity index (χ1v) is 14.5. The second kappa shape index (κ2) is 11.7. The van der Waals surface area contributed by atoms with Gasteiger partial charge in [-0.15, -0.1) is 0 Å². The fraction of sp³-hybridized carbons (Fsp3) is 0.0625. The van der Waals surface area contributed by atoms with E-state index in [-0.39, 0.29) is 5.56 Å². The number of rotatable bonds is 8. The molecule has 0 aliphatic carbocycles. The highest BCUT2D eigenvalue weighted by Gasteiger charge is 2.16. The molecule has 0 fully saturated rings. The molecule has 0 aliphatic heterocycles. The molecule has 0 spiro atoms. The molecule has 1 heterocycles. The van der Waals surface area contributed by atoms with Crippen molar-refractivity contribution in [3.63, 3.8) is 0 Å². The molecular formula is C32H26ClN3O3S. The van der Waals surface area contributed by atoms with Crippen LogP contribution in [0.2, 0.25) is 5.02 Å². The molecule has 5 rings (SSSR count). The Morgan fingerprint density at radius 1 is 0.850 bits per heavy atom. The lowest BCUT2D eigenvalue weighted by Gasteiger charge is -2.10. The lowest BCUT2D eigenvalue weighted by molar-refractivity contribution is 0.0982. The number of fused-ring (bicyclic) bond motifs is 1. The standard InChI is InChI=1S/C32H26ClN3O3S/c1-23-34-30-17-16-27(32(37)35-40(38,39)19-18-25-10-6-3-7-11-25)21-31(30)36(23)22-28-15-14-26(20-29(28)33)13-12-24-8-4-2-5-9-24/h2-21H,22H2,1H3,(H,35,37)/b13-12+,19-18+. The van der Waals surface area contributed by atoms with E-state index < -0.39 is 15.9 Å². The van der Waals surface area contributed by atoms with Crippen molar-refractivity contribution < 1.29 is 13.2 Å². The molecule has 4 aromatic carbocycles. The zero-order chi connectivity index (χ0) is 28.1. The average Bonchev–Trinajstić information content (AvgIpc) is 3.27. The van der Waals surface area contributed by atoms with Gasteiger partial charge in [0.1, 0.15) is 5.82 Å². The van der Waals surface area contributed by atoms with Crippen LogP contribution in [0.3, 0.4) is 0 Å². The number of hydrogen-bond acceptors (Lipinski definition) is 4. The number of halogens is 1. The maximum Gasteiger partial charge on any atom is 0.265 e. The van der Waals surface area contributed by atoms with Crippen LogP contribution < -0.4 is 4.72 Å². The van der Waals surface area contributed by atoms with Gasteiger partial charge in [0.15, 0.2) is 0 Å². The minimum atomic E-state index is -3.99. The van der Waals surface area contributed by atoms with E-state index in [1.165, 1.54) is 6.08 Å². The largest absolute Gasteiger partial charge is 0.324 e. The van der Waals surface area contributed by atoms with Gasteiger partial charge in [0.2, 0.25) is 0 Å². The summed E-state index contributed by atoms with van der Waals surface area (Å²) in [5, 5.41) is 1.59. The summed E-state index contributed by atoms with van der Waals surface area (Å²) in [6.45, 7) is 2.32. The van der Waals surface area contributed by atoms with Crippen LogP contribution in [-0.2, 0) is 16.6 Å². The summed E-state index contributed by atoms with van der Waals surface area (Å²) in [5.41, 5.74) is 5.28. The minimum Gasteiger partial charge on any atom is -0.324 e. The average molecular weight is 568 g/mol. The van der Waals surface area contributed by atoms with E-state index in [0.717, 1.165) is 27.9 Å². The van der Waals surface area contributed by atoms with Crippen LogP contribution >= 0.6 is 11.6 Å². The number of imidazole rings is 1. The number of nitrogens with one attached hydrogen (secondary N) is 1. The zero-order valence-corrected chi connectivity index (χ0v) is 23.2. The highest BCUT2D eigenvalue weighted by atomic mass is 35.5. The van der Waals surface area contributed by atoms with Crippen LogP contribution in [0.1, 0.15) is 38.4 Å². The predicted octanol–water partition coefficient (Wildman–Crippen LogP) is 6.95. The normalized spacial score (nSPS) is 11.9. The summed E-state index contributed by atoms with van der Waals surface area (Å²) in [6.07, 6.45) is 5.48. The minimum absolute atomic E-state index is 0.206. The number of nitrogens with zero attached hydrogens (tertiary/aromatic N) is 2. The van der Waals surface area contributed by atoms with Crippen LogP contribution in [0.5, 0.6) is 0 Å². The Labute approximate surface area is 238 Å². The second-order valence-electron chi connectivity index (χ2n) is 9.23. The molecule has 40 heavy (non-hydrogen) atoms. The smallest absolute Gasteiger partial charge is 0.265 e. The second-order valence-corrected chi connectivity index (χ2v) is 11.2. The molecule has 6 nitrogen and oxygen atoms in total. The van der Waals surface area contributed by atoms with E-state index in [4.69, 9.17) is 11.6 Å². The molecule has 1 N–H and O–H groups in total. The maximum atomic E-state index is 12.9. The molecule has 0 bridgehead atoms. The van der Waals surface area contributed by atoms with Crippen LogP contribution in [0.25, 0.3) is 29.3 Å². The molecule has 8 heteroatoms. The number of hydrogen-bond donors (Lipinski definition) is 1. The SMILES string of the molecule is Cc1nc2ccc(C(=O)NS(=O)(=O)/C=C/c3ccccc3)cc2n1Cc1ccc(/C=C/c2ccccc2)cc1Cl. The zero-order valence-electron chi connectivity index (χ0n) is 21.7. The Bertz CT molecular complexity index is 1850. The van der Waals surface area contributed by atoms with E-state index >= 15 is 0 Å². The highest BCUT2D eigenvalue weighted by Crippen LogP contribution is 2.24. The third-order valence-corrected chi connectivity index (χ3v) is 7.66. The molecule has 0 radical (unpaired) electrons. The summed E-state index contributed by atoms with van der Waals surface area (Å²) in [7, 11) is -3.99. The van der Waals surface area contributed by atoms with Gasteiger partial charge in [-0.1, -0.05) is 96.5 Å². The molecule has 1 amide bonds. The molecular weight excluding hydrogens is 542 g/mol. The Morgan fingerprint density at radius 3 is 2.17 bits per heavy atom. The molecule has 0 atom stereocenters.